The fourth-order valence-corrected chi connectivity index (χ4v) is 3.65. The summed E-state index contributed by atoms with van der Waals surface area (Å²) in [5.74, 6) is -2.08. The van der Waals surface area contributed by atoms with Gasteiger partial charge in [0.15, 0.2) is 16.8 Å². The van der Waals surface area contributed by atoms with Crippen LogP contribution in [0.15, 0.2) is 18.2 Å². The van der Waals surface area contributed by atoms with Crippen LogP contribution in [-0.2, 0) is 4.79 Å². The number of thiazole rings is 1. The first-order valence-electron chi connectivity index (χ1n) is 7.75. The molecule has 3 rings (SSSR count). The number of nitrogens with one attached hydrogen (secondary N) is 1. The highest BCUT2D eigenvalue weighted by Gasteiger charge is 2.23. The summed E-state index contributed by atoms with van der Waals surface area (Å²) in [4.78, 5) is 16.8. The topological polar surface area (TPSA) is 65.8 Å². The van der Waals surface area contributed by atoms with Gasteiger partial charge in [0.2, 0.25) is 5.91 Å². The summed E-state index contributed by atoms with van der Waals surface area (Å²) in [6.07, 6.45) is 4.95. The smallest absolute Gasteiger partial charge is 0.229 e. The van der Waals surface area contributed by atoms with Crippen LogP contribution in [0.1, 0.15) is 37.0 Å². The molecule has 1 aliphatic carbocycles. The molecule has 0 atom stereocenters. The van der Waals surface area contributed by atoms with Gasteiger partial charge in [0.1, 0.15) is 16.6 Å². The Morgan fingerprint density at radius 1 is 1.25 bits per heavy atom. The van der Waals surface area contributed by atoms with Crippen LogP contribution in [0.4, 0.5) is 13.9 Å². The summed E-state index contributed by atoms with van der Waals surface area (Å²) >= 11 is 1.04. The summed E-state index contributed by atoms with van der Waals surface area (Å²) in [7, 11) is 0. The highest BCUT2D eigenvalue weighted by molar-refractivity contribution is 7.16. The maximum atomic E-state index is 13.4. The van der Waals surface area contributed by atoms with Crippen molar-refractivity contribution >= 4 is 22.4 Å². The highest BCUT2D eigenvalue weighted by atomic mass is 32.1. The number of carbonyl (C=O) groups is 1. The summed E-state index contributed by atoms with van der Waals surface area (Å²) in [6, 6.07) is 5.34. The predicted molar refractivity (Wildman–Crippen MR) is 87.4 cm³/mol. The fourth-order valence-electron chi connectivity index (χ4n) is 2.86. The minimum Gasteiger partial charge on any atom is -0.302 e. The largest absolute Gasteiger partial charge is 0.302 e. The number of carbonyl (C=O) groups excluding carboxylic acids is 1. The van der Waals surface area contributed by atoms with Crippen molar-refractivity contribution in [1.82, 2.24) is 4.98 Å². The lowest BCUT2D eigenvalue weighted by molar-refractivity contribution is -0.120. The normalized spacial score (nSPS) is 15.0. The zero-order valence-electron chi connectivity index (χ0n) is 12.8. The van der Waals surface area contributed by atoms with Crippen LogP contribution in [-0.4, -0.2) is 10.9 Å². The molecule has 0 spiro atoms. The van der Waals surface area contributed by atoms with Crippen LogP contribution < -0.4 is 5.32 Å². The van der Waals surface area contributed by atoms with Gasteiger partial charge in [-0.3, -0.25) is 4.79 Å². The Morgan fingerprint density at radius 2 is 2.00 bits per heavy atom. The Balaban J connectivity index is 1.83. The molecule has 0 saturated heterocycles. The Labute approximate surface area is 142 Å². The van der Waals surface area contributed by atoms with Crippen LogP contribution in [0.3, 0.4) is 0 Å². The molecule has 1 aromatic carbocycles. The van der Waals surface area contributed by atoms with E-state index in [0.717, 1.165) is 55.6 Å². The van der Waals surface area contributed by atoms with Crippen LogP contribution in [0.2, 0.25) is 0 Å². The number of hydrogen-bond acceptors (Lipinski definition) is 4. The number of halogens is 2. The number of aromatic nitrogens is 1. The number of nitrogens with zero attached hydrogens (tertiary/aromatic N) is 2. The van der Waals surface area contributed by atoms with Crippen molar-refractivity contribution in [3.63, 3.8) is 0 Å². The molecule has 1 amide bonds. The number of rotatable bonds is 3. The number of nitriles is 1. The van der Waals surface area contributed by atoms with E-state index in [2.05, 4.69) is 10.3 Å². The molecular formula is C17H15F2N3OS. The predicted octanol–water partition coefficient (Wildman–Crippen LogP) is 4.48. The molecule has 124 valence electrons. The second kappa shape index (κ2) is 7.05. The summed E-state index contributed by atoms with van der Waals surface area (Å²) in [5, 5.41) is 12.3. The Hall–Kier alpha value is -2.33. The van der Waals surface area contributed by atoms with E-state index in [1.54, 1.807) is 0 Å². The van der Waals surface area contributed by atoms with Crippen molar-refractivity contribution < 1.29 is 13.6 Å². The molecule has 1 aliphatic rings. The minimum atomic E-state index is -1.00. The van der Waals surface area contributed by atoms with Gasteiger partial charge in [0, 0.05) is 11.5 Å². The number of amides is 1. The molecular weight excluding hydrogens is 332 g/mol. The first kappa shape index (κ1) is 16.5. The molecule has 7 heteroatoms. The zero-order valence-corrected chi connectivity index (χ0v) is 13.6. The first-order valence-corrected chi connectivity index (χ1v) is 8.57. The van der Waals surface area contributed by atoms with E-state index >= 15 is 0 Å². The molecule has 0 bridgehead atoms. The molecule has 1 aromatic heterocycles. The standard InChI is InChI=1S/C17H15F2N3OS/c18-12-7-6-11(8-13(12)19)15-14(9-20)24-17(21-15)22-16(23)10-4-2-1-3-5-10/h6-8,10H,1-5H2,(H,21,22,23). The van der Waals surface area contributed by atoms with E-state index in [9.17, 15) is 18.8 Å². The Kier molecular flexibility index (Phi) is 4.86. The summed E-state index contributed by atoms with van der Waals surface area (Å²) in [5.41, 5.74) is 0.556. The van der Waals surface area contributed by atoms with E-state index in [4.69, 9.17) is 0 Å². The molecule has 0 aliphatic heterocycles. The quantitative estimate of drug-likeness (QED) is 0.890. The molecule has 1 saturated carbocycles. The summed E-state index contributed by atoms with van der Waals surface area (Å²) in [6.45, 7) is 0. The van der Waals surface area contributed by atoms with E-state index < -0.39 is 11.6 Å². The van der Waals surface area contributed by atoms with Crippen molar-refractivity contribution in [2.75, 3.05) is 5.32 Å². The van der Waals surface area contributed by atoms with E-state index in [1.807, 2.05) is 6.07 Å². The third kappa shape index (κ3) is 3.44. The number of benzene rings is 1. The molecule has 4 nitrogen and oxygen atoms in total. The monoisotopic (exact) mass is 347 g/mol. The van der Waals surface area contributed by atoms with Gasteiger partial charge >= 0.3 is 0 Å². The maximum absolute atomic E-state index is 13.4. The molecule has 1 fully saturated rings. The molecule has 0 unspecified atom stereocenters. The number of anilines is 1. The van der Waals surface area contributed by atoms with Gasteiger partial charge in [-0.05, 0) is 31.0 Å². The average molecular weight is 347 g/mol. The lowest BCUT2D eigenvalue weighted by Crippen LogP contribution is -2.24. The molecule has 1 heterocycles. The van der Waals surface area contributed by atoms with Crippen molar-refractivity contribution in [3.05, 3.63) is 34.7 Å². The third-order valence-electron chi connectivity index (χ3n) is 4.13. The van der Waals surface area contributed by atoms with E-state index in [1.165, 1.54) is 6.07 Å². The molecule has 24 heavy (non-hydrogen) atoms. The lowest BCUT2D eigenvalue weighted by atomic mass is 9.89. The molecule has 2 aromatic rings. The second-order valence-electron chi connectivity index (χ2n) is 5.76. The van der Waals surface area contributed by atoms with E-state index in [-0.39, 0.29) is 22.4 Å². The minimum absolute atomic E-state index is 0.0279. The van der Waals surface area contributed by atoms with Crippen LogP contribution >= 0.6 is 11.3 Å². The first-order chi connectivity index (χ1) is 11.6. The number of hydrogen-bond donors (Lipinski definition) is 1. The molecule has 1 N–H and O–H groups in total. The Morgan fingerprint density at radius 3 is 2.67 bits per heavy atom. The van der Waals surface area contributed by atoms with Crippen molar-refractivity contribution in [2.45, 2.75) is 32.1 Å². The SMILES string of the molecule is N#Cc1sc(NC(=O)C2CCCCC2)nc1-c1ccc(F)c(F)c1. The third-order valence-corrected chi connectivity index (χ3v) is 5.00. The van der Waals surface area contributed by atoms with Crippen LogP contribution in [0.5, 0.6) is 0 Å². The van der Waals surface area contributed by atoms with Gasteiger partial charge in [-0.1, -0.05) is 30.6 Å². The second-order valence-corrected chi connectivity index (χ2v) is 6.76. The lowest BCUT2D eigenvalue weighted by Gasteiger charge is -2.19. The maximum Gasteiger partial charge on any atom is 0.229 e. The van der Waals surface area contributed by atoms with Crippen LogP contribution in [0.25, 0.3) is 11.3 Å². The highest BCUT2D eigenvalue weighted by Crippen LogP contribution is 2.32. The van der Waals surface area contributed by atoms with Gasteiger partial charge < -0.3 is 5.32 Å². The van der Waals surface area contributed by atoms with Gasteiger partial charge in [0.05, 0.1) is 0 Å². The zero-order chi connectivity index (χ0) is 17.1. The summed E-state index contributed by atoms with van der Waals surface area (Å²) < 4.78 is 26.5. The van der Waals surface area contributed by atoms with Gasteiger partial charge in [0.25, 0.3) is 0 Å². The van der Waals surface area contributed by atoms with Crippen molar-refractivity contribution in [1.29, 1.82) is 5.26 Å². The fraction of sp³-hybridized carbons (Fsp3) is 0.353. The Bertz CT molecular complexity index is 807. The van der Waals surface area contributed by atoms with Crippen LogP contribution in [0, 0.1) is 28.9 Å². The van der Waals surface area contributed by atoms with Crippen molar-refractivity contribution in [3.8, 4) is 17.3 Å². The molecule has 0 radical (unpaired) electrons. The van der Waals surface area contributed by atoms with Gasteiger partial charge in [-0.2, -0.15) is 5.26 Å². The van der Waals surface area contributed by atoms with Crippen molar-refractivity contribution in [2.24, 2.45) is 5.92 Å². The average Bonchev–Trinajstić information content (AvgIpc) is 3.01. The van der Waals surface area contributed by atoms with Gasteiger partial charge in [-0.15, -0.1) is 0 Å². The van der Waals surface area contributed by atoms with E-state index in [0.29, 0.717) is 10.7 Å². The van der Waals surface area contributed by atoms with Gasteiger partial charge in [-0.25, -0.2) is 13.8 Å².